The summed E-state index contributed by atoms with van der Waals surface area (Å²) in [6.45, 7) is 0.366. The van der Waals surface area contributed by atoms with Gasteiger partial charge in [-0.3, -0.25) is 0 Å². The predicted molar refractivity (Wildman–Crippen MR) is 59.4 cm³/mol. The fourth-order valence-electron chi connectivity index (χ4n) is 1.54. The Bertz CT molecular complexity index is 474. The molecular weight excluding hydrogens is 228 g/mol. The van der Waals surface area contributed by atoms with Crippen molar-refractivity contribution in [2.75, 3.05) is 13.2 Å². The number of rotatable bonds is 5. The Labute approximate surface area is 95.1 Å². The average Bonchev–Trinajstić information content (AvgIpc) is 2.91. The molecule has 1 aliphatic carbocycles. The van der Waals surface area contributed by atoms with Gasteiger partial charge in [-0.1, -0.05) is 0 Å². The van der Waals surface area contributed by atoms with Crippen LogP contribution in [0, 0.1) is 5.41 Å². The summed E-state index contributed by atoms with van der Waals surface area (Å²) < 4.78 is 27.9. The Balaban J connectivity index is 2.04. The largest absolute Gasteiger partial charge is 0.396 e. The van der Waals surface area contributed by atoms with Gasteiger partial charge in [0.2, 0.25) is 10.0 Å². The molecule has 1 aromatic rings. The van der Waals surface area contributed by atoms with Crippen LogP contribution in [0.15, 0.2) is 23.4 Å². The van der Waals surface area contributed by atoms with Gasteiger partial charge in [0.05, 0.1) is 4.90 Å². The van der Waals surface area contributed by atoms with E-state index in [1.54, 1.807) is 30.1 Å². The highest BCUT2D eigenvalue weighted by Gasteiger charge is 2.42. The molecule has 1 fully saturated rings. The molecule has 0 saturated heterocycles. The van der Waals surface area contributed by atoms with Gasteiger partial charge in [0.1, 0.15) is 0 Å². The van der Waals surface area contributed by atoms with Crippen molar-refractivity contribution in [3.05, 3.63) is 18.5 Å². The first-order chi connectivity index (χ1) is 7.47. The normalized spacial score (nSPS) is 18.6. The number of aryl methyl sites for hydroxylation is 1. The van der Waals surface area contributed by atoms with Gasteiger partial charge in [0, 0.05) is 38.0 Å². The van der Waals surface area contributed by atoms with Crippen molar-refractivity contribution in [2.45, 2.75) is 17.7 Å². The van der Waals surface area contributed by atoms with E-state index < -0.39 is 10.0 Å². The zero-order valence-electron chi connectivity index (χ0n) is 9.18. The van der Waals surface area contributed by atoms with Gasteiger partial charge in [0.15, 0.2) is 0 Å². The topological polar surface area (TPSA) is 71.3 Å². The van der Waals surface area contributed by atoms with Gasteiger partial charge in [-0.2, -0.15) is 0 Å². The second-order valence-corrected chi connectivity index (χ2v) is 6.26. The molecule has 1 heterocycles. The van der Waals surface area contributed by atoms with Crippen molar-refractivity contribution in [3.8, 4) is 0 Å². The van der Waals surface area contributed by atoms with Crippen molar-refractivity contribution in [1.82, 2.24) is 9.29 Å². The average molecular weight is 244 g/mol. The maximum atomic E-state index is 11.8. The monoisotopic (exact) mass is 244 g/mol. The second kappa shape index (κ2) is 3.87. The molecule has 5 nitrogen and oxygen atoms in total. The lowest BCUT2D eigenvalue weighted by Gasteiger charge is -2.12. The van der Waals surface area contributed by atoms with Crippen LogP contribution in [0.5, 0.6) is 0 Å². The van der Waals surface area contributed by atoms with Crippen molar-refractivity contribution in [1.29, 1.82) is 0 Å². The van der Waals surface area contributed by atoms with Crippen LogP contribution in [-0.2, 0) is 17.1 Å². The summed E-state index contributed by atoms with van der Waals surface area (Å²) in [7, 11) is -1.65. The summed E-state index contributed by atoms with van der Waals surface area (Å²) in [6.07, 6.45) is 5.02. The zero-order chi connectivity index (χ0) is 11.8. The van der Waals surface area contributed by atoms with Gasteiger partial charge >= 0.3 is 0 Å². The van der Waals surface area contributed by atoms with E-state index in [9.17, 15) is 8.42 Å². The van der Waals surface area contributed by atoms with Gasteiger partial charge in [-0.05, 0) is 18.9 Å². The minimum Gasteiger partial charge on any atom is -0.396 e. The molecule has 2 rings (SSSR count). The number of aromatic nitrogens is 1. The summed E-state index contributed by atoms with van der Waals surface area (Å²) in [5.74, 6) is 0. The molecule has 0 bridgehead atoms. The third kappa shape index (κ3) is 2.28. The van der Waals surface area contributed by atoms with Crippen molar-refractivity contribution in [2.24, 2.45) is 12.5 Å². The molecule has 0 spiro atoms. The first kappa shape index (κ1) is 11.6. The highest BCUT2D eigenvalue weighted by atomic mass is 32.2. The summed E-state index contributed by atoms with van der Waals surface area (Å²) in [5, 5.41) is 9.09. The van der Waals surface area contributed by atoms with E-state index in [-0.39, 0.29) is 16.9 Å². The number of hydrogen-bond donors (Lipinski definition) is 2. The molecule has 90 valence electrons. The van der Waals surface area contributed by atoms with E-state index in [4.69, 9.17) is 5.11 Å². The van der Waals surface area contributed by atoms with Gasteiger partial charge in [-0.15, -0.1) is 0 Å². The lowest BCUT2D eigenvalue weighted by atomic mass is 10.1. The van der Waals surface area contributed by atoms with E-state index in [0.29, 0.717) is 6.54 Å². The predicted octanol–water partition coefficient (Wildman–Crippen LogP) is 0.0759. The number of nitrogens with zero attached hydrogens (tertiary/aromatic N) is 1. The van der Waals surface area contributed by atoms with Crippen LogP contribution >= 0.6 is 0 Å². The fourth-order valence-corrected chi connectivity index (χ4v) is 2.74. The zero-order valence-corrected chi connectivity index (χ0v) is 10.00. The Hall–Kier alpha value is -0.850. The third-order valence-corrected chi connectivity index (χ3v) is 4.43. The molecular formula is C10H16N2O3S. The minimum atomic E-state index is -3.42. The molecule has 0 unspecified atom stereocenters. The van der Waals surface area contributed by atoms with Crippen LogP contribution in [0.1, 0.15) is 12.8 Å². The molecule has 0 aliphatic heterocycles. The lowest BCUT2D eigenvalue weighted by Crippen LogP contribution is -2.31. The SMILES string of the molecule is Cn1ccc(S(=O)(=O)NCC2(CO)CC2)c1. The van der Waals surface area contributed by atoms with E-state index in [1.165, 1.54) is 0 Å². The van der Waals surface area contributed by atoms with Crippen molar-refractivity contribution in [3.63, 3.8) is 0 Å². The first-order valence-corrected chi connectivity index (χ1v) is 6.68. The van der Waals surface area contributed by atoms with Gasteiger partial charge < -0.3 is 9.67 Å². The molecule has 0 aromatic carbocycles. The van der Waals surface area contributed by atoms with Crippen molar-refractivity contribution < 1.29 is 13.5 Å². The maximum absolute atomic E-state index is 11.8. The number of aliphatic hydroxyl groups is 1. The number of hydrogen-bond acceptors (Lipinski definition) is 3. The number of nitrogens with one attached hydrogen (secondary N) is 1. The minimum absolute atomic E-state index is 0.0459. The summed E-state index contributed by atoms with van der Waals surface area (Å²) >= 11 is 0. The molecule has 16 heavy (non-hydrogen) atoms. The smallest absolute Gasteiger partial charge is 0.242 e. The van der Waals surface area contributed by atoms with E-state index in [1.807, 2.05) is 0 Å². The Morgan fingerprint density at radius 2 is 2.25 bits per heavy atom. The third-order valence-electron chi connectivity index (χ3n) is 3.04. The molecule has 1 saturated carbocycles. The molecule has 6 heteroatoms. The molecule has 0 atom stereocenters. The quantitative estimate of drug-likeness (QED) is 0.770. The number of aliphatic hydroxyl groups excluding tert-OH is 1. The standard InChI is InChI=1S/C10H16N2O3S/c1-12-5-2-9(6-12)16(14,15)11-7-10(8-13)3-4-10/h2,5-6,11,13H,3-4,7-8H2,1H3. The van der Waals surface area contributed by atoms with Crippen LogP contribution < -0.4 is 4.72 Å². The Kier molecular flexibility index (Phi) is 2.81. The summed E-state index contributed by atoms with van der Waals surface area (Å²) in [6, 6.07) is 1.56. The molecule has 1 aliphatic rings. The Morgan fingerprint density at radius 3 is 2.69 bits per heavy atom. The van der Waals surface area contributed by atoms with Gasteiger partial charge in [-0.25, -0.2) is 13.1 Å². The second-order valence-electron chi connectivity index (χ2n) is 4.50. The van der Waals surface area contributed by atoms with Gasteiger partial charge in [0.25, 0.3) is 0 Å². The lowest BCUT2D eigenvalue weighted by molar-refractivity contribution is 0.213. The summed E-state index contributed by atoms with van der Waals surface area (Å²) in [5.41, 5.74) is -0.206. The highest BCUT2D eigenvalue weighted by molar-refractivity contribution is 7.89. The number of sulfonamides is 1. The van der Waals surface area contributed by atoms with Crippen LogP contribution in [0.4, 0.5) is 0 Å². The van der Waals surface area contributed by atoms with Crippen molar-refractivity contribution >= 4 is 10.0 Å². The van der Waals surface area contributed by atoms with Crippen LogP contribution in [0.3, 0.4) is 0 Å². The van der Waals surface area contributed by atoms with E-state index in [0.717, 1.165) is 12.8 Å². The van der Waals surface area contributed by atoms with Crippen LogP contribution in [0.2, 0.25) is 0 Å². The Morgan fingerprint density at radius 1 is 1.56 bits per heavy atom. The first-order valence-electron chi connectivity index (χ1n) is 5.20. The van der Waals surface area contributed by atoms with Crippen LogP contribution in [-0.4, -0.2) is 31.2 Å². The van der Waals surface area contributed by atoms with E-state index in [2.05, 4.69) is 4.72 Å². The molecule has 0 amide bonds. The summed E-state index contributed by atoms with van der Waals surface area (Å²) in [4.78, 5) is 0.267. The highest BCUT2D eigenvalue weighted by Crippen LogP contribution is 2.44. The molecule has 1 aromatic heterocycles. The fraction of sp³-hybridized carbons (Fsp3) is 0.600. The molecule has 2 N–H and O–H groups in total. The van der Waals surface area contributed by atoms with E-state index >= 15 is 0 Å². The van der Waals surface area contributed by atoms with Crippen LogP contribution in [0.25, 0.3) is 0 Å². The maximum Gasteiger partial charge on any atom is 0.242 e. The molecule has 0 radical (unpaired) electrons.